The van der Waals surface area contributed by atoms with E-state index in [1.54, 1.807) is 0 Å². The van der Waals surface area contributed by atoms with E-state index in [0.29, 0.717) is 5.92 Å². The first-order valence-corrected chi connectivity index (χ1v) is 7.15. The van der Waals surface area contributed by atoms with Gasteiger partial charge in [0.2, 0.25) is 0 Å². The van der Waals surface area contributed by atoms with Crippen LogP contribution in [0.5, 0.6) is 0 Å². The highest BCUT2D eigenvalue weighted by molar-refractivity contribution is 5.81. The molecule has 3 saturated heterocycles. The molecule has 0 spiro atoms. The molecule has 2 bridgehead atoms. The number of piperidine rings is 3. The van der Waals surface area contributed by atoms with Gasteiger partial charge in [0, 0.05) is 23.5 Å². The van der Waals surface area contributed by atoms with E-state index in [4.69, 9.17) is 0 Å². The summed E-state index contributed by atoms with van der Waals surface area (Å²) < 4.78 is 0. The van der Waals surface area contributed by atoms with Crippen molar-refractivity contribution in [2.75, 3.05) is 19.6 Å². The number of fused-ring (bicyclic) bond motifs is 4. The summed E-state index contributed by atoms with van der Waals surface area (Å²) in [4.78, 5) is 17.8. The maximum Gasteiger partial charge on any atom is 0.256 e. The Balaban J connectivity index is 1.81. The number of pyridine rings is 1. The van der Waals surface area contributed by atoms with Gasteiger partial charge in [0.05, 0.1) is 0 Å². The third-order valence-electron chi connectivity index (χ3n) is 4.83. The van der Waals surface area contributed by atoms with E-state index < -0.39 is 0 Å². The van der Waals surface area contributed by atoms with Crippen molar-refractivity contribution >= 4 is 10.8 Å². The van der Waals surface area contributed by atoms with Gasteiger partial charge in [-0.25, -0.2) is 0 Å². The van der Waals surface area contributed by atoms with Crippen LogP contribution in [0.25, 0.3) is 10.8 Å². The zero-order chi connectivity index (χ0) is 12.8. The van der Waals surface area contributed by atoms with Crippen LogP contribution in [-0.4, -0.2) is 29.5 Å². The molecular formula is C16H18N2O. The number of hydrogen-bond donors (Lipinski definition) is 1. The number of aromatic nitrogens is 1. The predicted octanol–water partition coefficient (Wildman–Crippen LogP) is 2.34. The van der Waals surface area contributed by atoms with Crippen LogP contribution in [0.4, 0.5) is 0 Å². The predicted molar refractivity (Wildman–Crippen MR) is 76.5 cm³/mol. The standard InChI is InChI=1S/C16H18N2O/c19-16-13-4-2-1-3-12(13)9-15(17-16)14-10-18-7-5-11(14)6-8-18/h1-4,9,11,14H,5-8,10H2,(H,17,19). The number of hydrogen-bond acceptors (Lipinski definition) is 2. The van der Waals surface area contributed by atoms with Crippen molar-refractivity contribution in [3.05, 3.63) is 46.4 Å². The van der Waals surface area contributed by atoms with Gasteiger partial charge in [-0.2, -0.15) is 0 Å². The number of rotatable bonds is 1. The van der Waals surface area contributed by atoms with Crippen LogP contribution < -0.4 is 5.56 Å². The van der Waals surface area contributed by atoms with Crippen molar-refractivity contribution in [1.82, 2.24) is 9.88 Å². The first-order chi connectivity index (χ1) is 9.31. The highest BCUT2D eigenvalue weighted by Crippen LogP contribution is 2.38. The van der Waals surface area contributed by atoms with Gasteiger partial charge in [0.15, 0.2) is 0 Å². The van der Waals surface area contributed by atoms with E-state index in [-0.39, 0.29) is 5.56 Å². The molecule has 3 heteroatoms. The molecule has 3 aliphatic heterocycles. The molecule has 0 radical (unpaired) electrons. The van der Waals surface area contributed by atoms with Gasteiger partial charge in [-0.05, 0) is 49.4 Å². The van der Waals surface area contributed by atoms with Crippen LogP contribution in [0.3, 0.4) is 0 Å². The lowest BCUT2D eigenvalue weighted by molar-refractivity contribution is 0.0854. The quantitative estimate of drug-likeness (QED) is 0.848. The lowest BCUT2D eigenvalue weighted by atomic mass is 9.77. The highest BCUT2D eigenvalue weighted by atomic mass is 16.1. The molecule has 3 aliphatic rings. The molecule has 2 aromatic rings. The Bertz CT molecular complexity index is 668. The van der Waals surface area contributed by atoms with E-state index in [9.17, 15) is 4.79 Å². The Morgan fingerprint density at radius 2 is 1.95 bits per heavy atom. The summed E-state index contributed by atoms with van der Waals surface area (Å²) >= 11 is 0. The molecule has 19 heavy (non-hydrogen) atoms. The molecule has 98 valence electrons. The van der Waals surface area contributed by atoms with E-state index in [1.807, 2.05) is 24.3 Å². The highest BCUT2D eigenvalue weighted by Gasteiger charge is 2.35. The number of H-pyrrole nitrogens is 1. The zero-order valence-electron chi connectivity index (χ0n) is 10.9. The minimum absolute atomic E-state index is 0.0598. The van der Waals surface area contributed by atoms with Crippen molar-refractivity contribution < 1.29 is 0 Å². The third kappa shape index (κ3) is 1.80. The van der Waals surface area contributed by atoms with E-state index in [2.05, 4.69) is 16.0 Å². The summed E-state index contributed by atoms with van der Waals surface area (Å²) in [6, 6.07) is 10.0. The second-order valence-corrected chi connectivity index (χ2v) is 5.89. The molecule has 1 N–H and O–H groups in total. The molecule has 1 aromatic heterocycles. The largest absolute Gasteiger partial charge is 0.325 e. The summed E-state index contributed by atoms with van der Waals surface area (Å²) in [7, 11) is 0. The average molecular weight is 254 g/mol. The SMILES string of the molecule is O=c1[nH]c(C2CN3CCC2CC3)cc2ccccc12. The smallest absolute Gasteiger partial charge is 0.256 e. The van der Waals surface area contributed by atoms with Crippen LogP contribution in [-0.2, 0) is 0 Å². The first-order valence-electron chi connectivity index (χ1n) is 7.15. The van der Waals surface area contributed by atoms with Crippen molar-refractivity contribution in [2.45, 2.75) is 18.8 Å². The normalized spacial score (nSPS) is 29.8. The van der Waals surface area contributed by atoms with Gasteiger partial charge in [-0.1, -0.05) is 18.2 Å². The molecule has 1 atom stereocenters. The van der Waals surface area contributed by atoms with Crippen molar-refractivity contribution in [1.29, 1.82) is 0 Å². The number of nitrogens with zero attached hydrogens (tertiary/aromatic N) is 1. The second kappa shape index (κ2) is 4.20. The monoisotopic (exact) mass is 254 g/mol. The zero-order valence-corrected chi connectivity index (χ0v) is 10.9. The number of benzene rings is 1. The molecular weight excluding hydrogens is 236 g/mol. The molecule has 0 saturated carbocycles. The molecule has 1 unspecified atom stereocenters. The summed E-state index contributed by atoms with van der Waals surface area (Å²) in [6.07, 6.45) is 2.55. The van der Waals surface area contributed by atoms with Crippen molar-refractivity contribution in [2.24, 2.45) is 5.92 Å². The Morgan fingerprint density at radius 3 is 2.68 bits per heavy atom. The van der Waals surface area contributed by atoms with Gasteiger partial charge >= 0.3 is 0 Å². The van der Waals surface area contributed by atoms with Crippen molar-refractivity contribution in [3.63, 3.8) is 0 Å². The van der Waals surface area contributed by atoms with E-state index in [0.717, 1.165) is 28.9 Å². The van der Waals surface area contributed by atoms with Crippen LogP contribution in [0.1, 0.15) is 24.5 Å². The second-order valence-electron chi connectivity index (χ2n) is 5.89. The Morgan fingerprint density at radius 1 is 1.16 bits per heavy atom. The lowest BCUT2D eigenvalue weighted by Gasteiger charge is -2.44. The van der Waals surface area contributed by atoms with Crippen LogP contribution in [0.2, 0.25) is 0 Å². The average Bonchev–Trinajstić information content (AvgIpc) is 2.48. The molecule has 0 amide bonds. The van der Waals surface area contributed by atoms with Gasteiger partial charge in [0.1, 0.15) is 0 Å². The van der Waals surface area contributed by atoms with Crippen LogP contribution in [0, 0.1) is 5.92 Å². The first kappa shape index (κ1) is 11.2. The fourth-order valence-corrected chi connectivity index (χ4v) is 3.75. The van der Waals surface area contributed by atoms with Crippen LogP contribution >= 0.6 is 0 Å². The molecule has 1 aromatic carbocycles. The lowest BCUT2D eigenvalue weighted by Crippen LogP contribution is -2.46. The molecule has 3 nitrogen and oxygen atoms in total. The summed E-state index contributed by atoms with van der Waals surface area (Å²) in [6.45, 7) is 3.58. The summed E-state index contributed by atoms with van der Waals surface area (Å²) in [5, 5.41) is 1.87. The van der Waals surface area contributed by atoms with E-state index in [1.165, 1.54) is 25.9 Å². The molecule has 3 fully saturated rings. The topological polar surface area (TPSA) is 36.1 Å². The van der Waals surface area contributed by atoms with Crippen molar-refractivity contribution in [3.8, 4) is 0 Å². The third-order valence-corrected chi connectivity index (χ3v) is 4.83. The molecule has 4 heterocycles. The van der Waals surface area contributed by atoms with Crippen LogP contribution in [0.15, 0.2) is 35.1 Å². The minimum atomic E-state index is 0.0598. The van der Waals surface area contributed by atoms with Gasteiger partial charge < -0.3 is 9.88 Å². The summed E-state index contributed by atoms with van der Waals surface area (Å²) in [5.74, 6) is 1.27. The van der Waals surface area contributed by atoms with E-state index >= 15 is 0 Å². The molecule has 5 rings (SSSR count). The minimum Gasteiger partial charge on any atom is -0.325 e. The Kier molecular flexibility index (Phi) is 2.49. The summed E-state index contributed by atoms with van der Waals surface area (Å²) in [5.41, 5.74) is 1.20. The fraction of sp³-hybridized carbons (Fsp3) is 0.438. The maximum absolute atomic E-state index is 12.2. The van der Waals surface area contributed by atoms with Gasteiger partial charge in [0.25, 0.3) is 5.56 Å². The Hall–Kier alpha value is -1.61. The maximum atomic E-state index is 12.2. The molecule has 0 aliphatic carbocycles. The number of aromatic amines is 1. The Labute approximate surface area is 112 Å². The number of nitrogens with one attached hydrogen (secondary N) is 1. The van der Waals surface area contributed by atoms with Gasteiger partial charge in [-0.15, -0.1) is 0 Å². The van der Waals surface area contributed by atoms with Gasteiger partial charge in [-0.3, -0.25) is 4.79 Å². The fourth-order valence-electron chi connectivity index (χ4n) is 3.75.